The van der Waals surface area contributed by atoms with Gasteiger partial charge in [0.15, 0.2) is 18.0 Å². The quantitative estimate of drug-likeness (QED) is 0.434. The summed E-state index contributed by atoms with van der Waals surface area (Å²) >= 11 is 0. The molecule has 5 unspecified atom stereocenters. The first-order chi connectivity index (χ1) is 14.2. The van der Waals surface area contributed by atoms with Gasteiger partial charge >= 0.3 is 23.9 Å². The van der Waals surface area contributed by atoms with Crippen LogP contribution in [0, 0.1) is 0 Å². The van der Waals surface area contributed by atoms with Crippen LogP contribution in [-0.2, 0) is 47.6 Å². The van der Waals surface area contributed by atoms with E-state index in [9.17, 15) is 19.2 Å². The Morgan fingerprint density at radius 1 is 0.967 bits per heavy atom. The standard InChI is InChI=1S/C19H24O11/c1-10(20)25-8-15(27-12(3)22)18-17(28-13(4)23)16(9-26-11(2)21)29-19(30-18)14-6-5-7-24-14/h5-7,15-19H,8-9H2,1-4H3. The van der Waals surface area contributed by atoms with Crippen LogP contribution in [0.15, 0.2) is 22.8 Å². The molecule has 0 spiro atoms. The highest BCUT2D eigenvalue weighted by Crippen LogP contribution is 2.34. The molecule has 1 aliphatic rings. The van der Waals surface area contributed by atoms with Gasteiger partial charge in [0.25, 0.3) is 0 Å². The number of carbonyl (C=O) groups excluding carboxylic acids is 4. The van der Waals surface area contributed by atoms with Gasteiger partial charge in [0.05, 0.1) is 6.26 Å². The number of hydrogen-bond donors (Lipinski definition) is 0. The van der Waals surface area contributed by atoms with Crippen molar-refractivity contribution in [3.8, 4) is 0 Å². The minimum absolute atomic E-state index is 0.273. The van der Waals surface area contributed by atoms with Crippen LogP contribution in [0.3, 0.4) is 0 Å². The third kappa shape index (κ3) is 6.85. The molecule has 0 radical (unpaired) electrons. The zero-order valence-electron chi connectivity index (χ0n) is 17.0. The number of rotatable bonds is 8. The fourth-order valence-electron chi connectivity index (χ4n) is 2.84. The molecule has 0 saturated carbocycles. The van der Waals surface area contributed by atoms with Crippen LogP contribution >= 0.6 is 0 Å². The van der Waals surface area contributed by atoms with Gasteiger partial charge < -0.3 is 32.8 Å². The van der Waals surface area contributed by atoms with Gasteiger partial charge in [-0.25, -0.2) is 0 Å². The average Bonchev–Trinajstić information content (AvgIpc) is 3.18. The van der Waals surface area contributed by atoms with Crippen molar-refractivity contribution in [3.63, 3.8) is 0 Å². The van der Waals surface area contributed by atoms with E-state index in [0.29, 0.717) is 0 Å². The number of furan rings is 1. The van der Waals surface area contributed by atoms with E-state index in [1.54, 1.807) is 12.1 Å². The van der Waals surface area contributed by atoms with Gasteiger partial charge in [-0.05, 0) is 12.1 Å². The molecule has 11 nitrogen and oxygen atoms in total. The molecular formula is C19H24O11. The lowest BCUT2D eigenvalue weighted by molar-refractivity contribution is -0.318. The summed E-state index contributed by atoms with van der Waals surface area (Å²) in [5.41, 5.74) is 0. The molecule has 1 aliphatic heterocycles. The molecule has 2 heterocycles. The summed E-state index contributed by atoms with van der Waals surface area (Å²) < 4.78 is 37.6. The van der Waals surface area contributed by atoms with Crippen molar-refractivity contribution in [2.24, 2.45) is 0 Å². The molecule has 1 saturated heterocycles. The van der Waals surface area contributed by atoms with E-state index in [4.69, 9.17) is 32.8 Å². The van der Waals surface area contributed by atoms with Gasteiger partial charge in [-0.1, -0.05) is 0 Å². The van der Waals surface area contributed by atoms with E-state index < -0.39 is 54.6 Å². The Bertz CT molecular complexity index is 742. The van der Waals surface area contributed by atoms with Gasteiger partial charge in [-0.3, -0.25) is 19.2 Å². The van der Waals surface area contributed by atoms with E-state index >= 15 is 0 Å². The third-order valence-electron chi connectivity index (χ3n) is 3.93. The third-order valence-corrected chi connectivity index (χ3v) is 3.93. The van der Waals surface area contributed by atoms with Crippen LogP contribution < -0.4 is 0 Å². The van der Waals surface area contributed by atoms with E-state index in [0.717, 1.165) is 0 Å². The van der Waals surface area contributed by atoms with E-state index in [1.807, 2.05) is 0 Å². The number of esters is 4. The zero-order chi connectivity index (χ0) is 22.3. The summed E-state index contributed by atoms with van der Waals surface area (Å²) in [6.45, 7) is 4.11. The first-order valence-electron chi connectivity index (χ1n) is 9.12. The molecule has 0 bridgehead atoms. The molecule has 1 aromatic heterocycles. The highest BCUT2D eigenvalue weighted by molar-refractivity contribution is 5.68. The van der Waals surface area contributed by atoms with Crippen molar-refractivity contribution in [2.45, 2.75) is 58.4 Å². The van der Waals surface area contributed by atoms with Gasteiger partial charge in [-0.2, -0.15) is 0 Å². The van der Waals surface area contributed by atoms with Gasteiger partial charge in [0.1, 0.15) is 25.4 Å². The van der Waals surface area contributed by atoms with Crippen LogP contribution in [0.4, 0.5) is 0 Å². The first-order valence-corrected chi connectivity index (χ1v) is 9.12. The van der Waals surface area contributed by atoms with Crippen LogP contribution in [0.2, 0.25) is 0 Å². The maximum absolute atomic E-state index is 11.7. The van der Waals surface area contributed by atoms with Crippen LogP contribution in [-0.4, -0.2) is 61.5 Å². The molecule has 5 atom stereocenters. The largest absolute Gasteiger partial charge is 0.464 e. The second-order valence-corrected chi connectivity index (χ2v) is 6.45. The van der Waals surface area contributed by atoms with Crippen molar-refractivity contribution in [1.29, 1.82) is 0 Å². The Kier molecular flexibility index (Phi) is 8.36. The smallest absolute Gasteiger partial charge is 0.303 e. The Hall–Kier alpha value is -2.92. The minimum atomic E-state index is -1.15. The van der Waals surface area contributed by atoms with Crippen molar-refractivity contribution < 1.29 is 52.0 Å². The van der Waals surface area contributed by atoms with Crippen molar-refractivity contribution in [2.75, 3.05) is 13.2 Å². The zero-order valence-corrected chi connectivity index (χ0v) is 17.0. The number of hydrogen-bond acceptors (Lipinski definition) is 11. The molecule has 0 aromatic carbocycles. The van der Waals surface area contributed by atoms with Crippen LogP contribution in [0.5, 0.6) is 0 Å². The summed E-state index contributed by atoms with van der Waals surface area (Å²) in [5, 5.41) is 0. The normalized spacial score (nSPS) is 24.4. The molecular weight excluding hydrogens is 404 g/mol. The Morgan fingerprint density at radius 3 is 2.20 bits per heavy atom. The van der Waals surface area contributed by atoms with Gasteiger partial charge in [0, 0.05) is 27.7 Å². The summed E-state index contributed by atoms with van der Waals surface area (Å²) in [6.07, 6.45) is -4.08. The lowest BCUT2D eigenvalue weighted by atomic mass is 10.0. The molecule has 166 valence electrons. The molecule has 0 aliphatic carbocycles. The summed E-state index contributed by atoms with van der Waals surface area (Å²) in [4.78, 5) is 45.9. The van der Waals surface area contributed by atoms with E-state index in [1.165, 1.54) is 34.0 Å². The molecule has 2 rings (SSSR count). The molecule has 11 heteroatoms. The van der Waals surface area contributed by atoms with Gasteiger partial charge in [-0.15, -0.1) is 0 Å². The topological polar surface area (TPSA) is 137 Å². The minimum Gasteiger partial charge on any atom is -0.464 e. The fourth-order valence-corrected chi connectivity index (χ4v) is 2.84. The van der Waals surface area contributed by atoms with E-state index in [-0.39, 0.29) is 19.0 Å². The first kappa shape index (κ1) is 23.4. The lowest BCUT2D eigenvalue weighted by Gasteiger charge is -2.42. The van der Waals surface area contributed by atoms with Crippen LogP contribution in [0.25, 0.3) is 0 Å². The Morgan fingerprint density at radius 2 is 1.67 bits per heavy atom. The predicted octanol–water partition coefficient (Wildman–Crippen LogP) is 1.05. The Labute approximate surface area is 172 Å². The lowest BCUT2D eigenvalue weighted by Crippen LogP contribution is -2.57. The number of carbonyl (C=O) groups is 4. The molecule has 30 heavy (non-hydrogen) atoms. The monoisotopic (exact) mass is 428 g/mol. The molecule has 1 fully saturated rings. The maximum Gasteiger partial charge on any atom is 0.303 e. The molecule has 0 N–H and O–H groups in total. The summed E-state index contributed by atoms with van der Waals surface area (Å²) in [7, 11) is 0. The summed E-state index contributed by atoms with van der Waals surface area (Å²) in [5.74, 6) is -2.25. The predicted molar refractivity (Wildman–Crippen MR) is 95.6 cm³/mol. The second kappa shape index (κ2) is 10.7. The van der Waals surface area contributed by atoms with Crippen LogP contribution in [0.1, 0.15) is 39.7 Å². The molecule has 1 aromatic rings. The van der Waals surface area contributed by atoms with Gasteiger partial charge in [0.2, 0.25) is 6.29 Å². The second-order valence-electron chi connectivity index (χ2n) is 6.45. The van der Waals surface area contributed by atoms with E-state index in [2.05, 4.69) is 0 Å². The van der Waals surface area contributed by atoms with Crippen molar-refractivity contribution in [3.05, 3.63) is 24.2 Å². The average molecular weight is 428 g/mol. The SMILES string of the molecule is CC(=O)OCC1OC(c2ccco2)OC(C(COC(C)=O)OC(C)=O)C1OC(C)=O. The number of ether oxygens (including phenoxy) is 6. The maximum atomic E-state index is 11.7. The highest BCUT2D eigenvalue weighted by Gasteiger charge is 2.48. The summed E-state index contributed by atoms with van der Waals surface area (Å²) in [6, 6.07) is 3.20. The van der Waals surface area contributed by atoms with Crippen molar-refractivity contribution in [1.82, 2.24) is 0 Å². The molecule has 0 amide bonds. The van der Waals surface area contributed by atoms with Crippen molar-refractivity contribution >= 4 is 23.9 Å². The highest BCUT2D eigenvalue weighted by atomic mass is 16.7. The fraction of sp³-hybridized carbons (Fsp3) is 0.579. The Balaban J connectivity index is 2.38.